The van der Waals surface area contributed by atoms with Crippen molar-refractivity contribution in [2.75, 3.05) is 7.11 Å². The quantitative estimate of drug-likeness (QED) is 0.914. The second-order valence-corrected chi connectivity index (χ2v) is 5.52. The van der Waals surface area contributed by atoms with Crippen LogP contribution in [0, 0.1) is 0 Å². The number of methoxy groups -OCH3 is 1. The van der Waals surface area contributed by atoms with Gasteiger partial charge >= 0.3 is 0 Å². The number of hydrogen-bond acceptors (Lipinski definition) is 4. The van der Waals surface area contributed by atoms with E-state index < -0.39 is 0 Å². The van der Waals surface area contributed by atoms with Crippen LogP contribution in [0.15, 0.2) is 34.9 Å². The van der Waals surface area contributed by atoms with Crippen LogP contribution in [-0.2, 0) is 13.0 Å². The summed E-state index contributed by atoms with van der Waals surface area (Å²) in [7, 11) is 1.71. The summed E-state index contributed by atoms with van der Waals surface area (Å²) in [6.45, 7) is 4.87. The van der Waals surface area contributed by atoms with E-state index in [9.17, 15) is 0 Å². The van der Waals surface area contributed by atoms with Gasteiger partial charge in [0.1, 0.15) is 23.4 Å². The van der Waals surface area contributed by atoms with Gasteiger partial charge in [-0.1, -0.05) is 0 Å². The van der Waals surface area contributed by atoms with E-state index in [-0.39, 0.29) is 12.1 Å². The topological polar surface area (TPSA) is 43.6 Å². The fraction of sp³-hybridized carbons (Fsp3) is 0.412. The van der Waals surface area contributed by atoms with Gasteiger partial charge in [0, 0.05) is 24.1 Å². The van der Waals surface area contributed by atoms with Crippen LogP contribution < -0.4 is 14.8 Å². The molecule has 21 heavy (non-hydrogen) atoms. The molecule has 112 valence electrons. The Hall–Kier alpha value is -1.94. The van der Waals surface area contributed by atoms with Crippen LogP contribution in [0.3, 0.4) is 0 Å². The Morgan fingerprint density at radius 3 is 3.00 bits per heavy atom. The van der Waals surface area contributed by atoms with Gasteiger partial charge in [0.2, 0.25) is 0 Å². The molecule has 0 bridgehead atoms. The minimum absolute atomic E-state index is 0.151. The van der Waals surface area contributed by atoms with Gasteiger partial charge in [0.25, 0.3) is 0 Å². The molecule has 4 nitrogen and oxygen atoms in total. The molecule has 0 saturated carbocycles. The van der Waals surface area contributed by atoms with E-state index >= 15 is 0 Å². The van der Waals surface area contributed by atoms with Crippen molar-refractivity contribution < 1.29 is 13.9 Å². The normalized spacial score (nSPS) is 18.1. The Kier molecular flexibility index (Phi) is 3.88. The molecule has 0 radical (unpaired) electrons. The molecule has 0 saturated heterocycles. The number of nitrogens with one attached hydrogen (secondary N) is 1. The fourth-order valence-electron chi connectivity index (χ4n) is 2.71. The molecule has 1 N–H and O–H groups in total. The number of rotatable bonds is 5. The third kappa shape index (κ3) is 2.90. The molecule has 1 aliphatic rings. The van der Waals surface area contributed by atoms with Crippen molar-refractivity contribution in [3.8, 4) is 11.5 Å². The average molecular weight is 287 g/mol. The molecule has 0 spiro atoms. The molecule has 2 heterocycles. The van der Waals surface area contributed by atoms with Crippen LogP contribution in [0.5, 0.6) is 11.5 Å². The lowest BCUT2D eigenvalue weighted by atomic mass is 10.1. The summed E-state index contributed by atoms with van der Waals surface area (Å²) in [6.07, 6.45) is 2.89. The monoisotopic (exact) mass is 287 g/mol. The number of furan rings is 1. The van der Waals surface area contributed by atoms with Crippen LogP contribution in [0.1, 0.15) is 36.8 Å². The second kappa shape index (κ2) is 5.82. The van der Waals surface area contributed by atoms with E-state index in [1.165, 1.54) is 5.56 Å². The van der Waals surface area contributed by atoms with Gasteiger partial charge in [0.05, 0.1) is 19.4 Å². The molecule has 1 unspecified atom stereocenters. The predicted molar refractivity (Wildman–Crippen MR) is 80.8 cm³/mol. The molecule has 1 aromatic carbocycles. The minimum Gasteiger partial charge on any atom is -0.496 e. The van der Waals surface area contributed by atoms with E-state index in [1.54, 1.807) is 13.4 Å². The lowest BCUT2D eigenvalue weighted by Gasteiger charge is -2.15. The van der Waals surface area contributed by atoms with Gasteiger partial charge in [-0.2, -0.15) is 0 Å². The van der Waals surface area contributed by atoms with E-state index in [0.717, 1.165) is 29.2 Å². The zero-order valence-electron chi connectivity index (χ0n) is 12.7. The summed E-state index contributed by atoms with van der Waals surface area (Å²) < 4.78 is 16.7. The Labute approximate surface area is 125 Å². The van der Waals surface area contributed by atoms with Gasteiger partial charge in [0.15, 0.2) is 0 Å². The number of benzene rings is 1. The standard InChI is InChI=1S/C17H21NO3/c1-11-7-13-8-16(19-3)14(9-17(13)21-11)10-18-12(2)15-5-4-6-20-15/h4-6,8-9,11-12,18H,7,10H2,1-3H3/t11?,12-/m0/s1. The van der Waals surface area contributed by atoms with Crippen molar-refractivity contribution in [1.29, 1.82) is 0 Å². The molecule has 2 atom stereocenters. The van der Waals surface area contributed by atoms with Gasteiger partial charge in [-0.15, -0.1) is 0 Å². The highest BCUT2D eigenvalue weighted by atomic mass is 16.5. The first-order valence-corrected chi connectivity index (χ1v) is 7.30. The van der Waals surface area contributed by atoms with Crippen molar-refractivity contribution in [3.63, 3.8) is 0 Å². The average Bonchev–Trinajstić information content (AvgIpc) is 3.11. The summed E-state index contributed by atoms with van der Waals surface area (Å²) in [4.78, 5) is 0. The maximum atomic E-state index is 5.82. The Morgan fingerprint density at radius 2 is 2.29 bits per heavy atom. The first kappa shape index (κ1) is 14.0. The number of fused-ring (bicyclic) bond motifs is 1. The number of ether oxygens (including phenoxy) is 2. The zero-order valence-corrected chi connectivity index (χ0v) is 12.7. The van der Waals surface area contributed by atoms with E-state index in [2.05, 4.69) is 31.3 Å². The lowest BCUT2D eigenvalue weighted by molar-refractivity contribution is 0.254. The van der Waals surface area contributed by atoms with Crippen LogP contribution >= 0.6 is 0 Å². The molecule has 0 fully saturated rings. The van der Waals surface area contributed by atoms with E-state index in [0.29, 0.717) is 6.54 Å². The number of hydrogen-bond donors (Lipinski definition) is 1. The maximum absolute atomic E-state index is 5.82. The first-order valence-electron chi connectivity index (χ1n) is 7.30. The van der Waals surface area contributed by atoms with Crippen molar-refractivity contribution >= 4 is 0 Å². The highest BCUT2D eigenvalue weighted by molar-refractivity contribution is 5.48. The van der Waals surface area contributed by atoms with Crippen molar-refractivity contribution in [2.45, 2.75) is 39.0 Å². The summed E-state index contributed by atoms with van der Waals surface area (Å²) in [5, 5.41) is 3.45. The van der Waals surface area contributed by atoms with E-state index in [4.69, 9.17) is 13.9 Å². The smallest absolute Gasteiger partial charge is 0.123 e. The predicted octanol–water partition coefficient (Wildman–Crippen LogP) is 3.46. The molecule has 2 aromatic rings. The molecule has 1 aromatic heterocycles. The van der Waals surface area contributed by atoms with Gasteiger partial charge in [-0.3, -0.25) is 0 Å². The molecular weight excluding hydrogens is 266 g/mol. The third-order valence-corrected chi connectivity index (χ3v) is 3.87. The van der Waals surface area contributed by atoms with Crippen LogP contribution in [0.2, 0.25) is 0 Å². The first-order chi connectivity index (χ1) is 10.2. The molecular formula is C17H21NO3. The largest absolute Gasteiger partial charge is 0.496 e. The van der Waals surface area contributed by atoms with Crippen molar-refractivity contribution in [1.82, 2.24) is 5.32 Å². The SMILES string of the molecule is COc1cc2c(cc1CN[C@@H](C)c1ccco1)OC(C)C2. The van der Waals surface area contributed by atoms with Gasteiger partial charge in [-0.05, 0) is 38.1 Å². The van der Waals surface area contributed by atoms with Crippen LogP contribution in [-0.4, -0.2) is 13.2 Å². The van der Waals surface area contributed by atoms with Gasteiger partial charge < -0.3 is 19.2 Å². The van der Waals surface area contributed by atoms with Crippen molar-refractivity contribution in [2.24, 2.45) is 0 Å². The molecule has 3 rings (SSSR count). The molecule has 0 amide bonds. The second-order valence-electron chi connectivity index (χ2n) is 5.52. The summed E-state index contributed by atoms with van der Waals surface area (Å²) in [5.41, 5.74) is 2.32. The highest BCUT2D eigenvalue weighted by Crippen LogP contribution is 2.35. The molecule has 4 heteroatoms. The van der Waals surface area contributed by atoms with Gasteiger partial charge in [-0.25, -0.2) is 0 Å². The minimum atomic E-state index is 0.151. The lowest BCUT2D eigenvalue weighted by Crippen LogP contribution is -2.18. The van der Waals surface area contributed by atoms with E-state index in [1.807, 2.05) is 12.1 Å². The maximum Gasteiger partial charge on any atom is 0.123 e. The Bertz CT molecular complexity index is 607. The molecule has 1 aliphatic heterocycles. The van der Waals surface area contributed by atoms with Crippen LogP contribution in [0.25, 0.3) is 0 Å². The third-order valence-electron chi connectivity index (χ3n) is 3.87. The zero-order chi connectivity index (χ0) is 14.8. The Balaban J connectivity index is 1.74. The van der Waals surface area contributed by atoms with Crippen LogP contribution in [0.4, 0.5) is 0 Å². The fourth-order valence-corrected chi connectivity index (χ4v) is 2.71. The summed E-state index contributed by atoms with van der Waals surface area (Å²) in [5.74, 6) is 2.82. The summed E-state index contributed by atoms with van der Waals surface area (Å²) in [6, 6.07) is 8.20. The Morgan fingerprint density at radius 1 is 1.43 bits per heavy atom. The molecule has 0 aliphatic carbocycles. The summed E-state index contributed by atoms with van der Waals surface area (Å²) >= 11 is 0. The highest BCUT2D eigenvalue weighted by Gasteiger charge is 2.21. The van der Waals surface area contributed by atoms with Crippen molar-refractivity contribution in [3.05, 3.63) is 47.4 Å².